The van der Waals surface area contributed by atoms with Crippen LogP contribution in [-0.4, -0.2) is 6.54 Å². The van der Waals surface area contributed by atoms with Gasteiger partial charge in [-0.25, -0.2) is 0 Å². The molecule has 0 saturated heterocycles. The molecule has 0 radical (unpaired) electrons. The van der Waals surface area contributed by atoms with Gasteiger partial charge in [0.1, 0.15) is 0 Å². The molecule has 0 spiro atoms. The van der Waals surface area contributed by atoms with E-state index in [2.05, 4.69) is 120 Å². The van der Waals surface area contributed by atoms with Crippen LogP contribution in [0.15, 0.2) is 60.7 Å². The van der Waals surface area contributed by atoms with E-state index in [-0.39, 0.29) is 0 Å². The minimum Gasteiger partial charge on any atom is -0.346 e. The molecular formula is C34H26INS2. The number of rotatable bonds is 7. The summed E-state index contributed by atoms with van der Waals surface area (Å²) in [6.45, 7) is 3.22. The van der Waals surface area contributed by atoms with E-state index < -0.39 is 0 Å². The standard InChI is InChI=1S/C34H26INS2/c1-2-3-4-5-17-36-18-16-24-20-30-26-13-12-25-29-19-23(11-8-21-6-9-22(35)10-7-21)37-33(29)27-14-15-28(34(30)38-24)32(26)31(25)27/h6-15,19-20,36H,2-5,17H2,1H3/b11-8+. The molecule has 4 heteroatoms. The van der Waals surface area contributed by atoms with Crippen molar-refractivity contribution in [3.8, 4) is 12.0 Å². The van der Waals surface area contributed by atoms with Crippen LogP contribution < -0.4 is 5.32 Å². The molecule has 0 fully saturated rings. The molecule has 186 valence electrons. The summed E-state index contributed by atoms with van der Waals surface area (Å²) in [6, 6.07) is 25.9. The second-order valence-corrected chi connectivity index (χ2v) is 13.3. The first-order valence-corrected chi connectivity index (χ1v) is 16.0. The van der Waals surface area contributed by atoms with Crippen LogP contribution in [0.3, 0.4) is 0 Å². The highest BCUT2D eigenvalue weighted by molar-refractivity contribution is 14.1. The van der Waals surface area contributed by atoms with Gasteiger partial charge >= 0.3 is 0 Å². The Morgan fingerprint density at radius 1 is 0.737 bits per heavy atom. The molecule has 2 heterocycles. The van der Waals surface area contributed by atoms with Crippen molar-refractivity contribution in [3.63, 3.8) is 0 Å². The van der Waals surface area contributed by atoms with E-state index in [0.717, 1.165) is 11.4 Å². The topological polar surface area (TPSA) is 12.0 Å². The lowest BCUT2D eigenvalue weighted by Crippen LogP contribution is -2.07. The van der Waals surface area contributed by atoms with Crippen molar-refractivity contribution in [2.24, 2.45) is 0 Å². The molecule has 2 aromatic heterocycles. The molecule has 0 atom stereocenters. The van der Waals surface area contributed by atoms with Crippen molar-refractivity contribution in [2.45, 2.75) is 32.6 Å². The molecule has 7 rings (SSSR count). The molecule has 2 aliphatic rings. The predicted octanol–water partition coefficient (Wildman–Crippen LogP) is 8.99. The number of unbranched alkanes of at least 4 members (excludes halogenated alkanes) is 3. The van der Waals surface area contributed by atoms with Crippen LogP contribution in [0.4, 0.5) is 0 Å². The SMILES string of the molecule is CCCCCCNC#Cc1cc2c(s1)=c1ccc3c4c(ccc=2c14)=c1cc(/C=C/c2ccc(I)cc2)sc1=3. The third-order valence-corrected chi connectivity index (χ3v) is 10.4. The van der Waals surface area contributed by atoms with Crippen LogP contribution >= 0.6 is 45.3 Å². The lowest BCUT2D eigenvalue weighted by atomic mass is 10.1. The minimum atomic E-state index is 0.971. The van der Waals surface area contributed by atoms with Gasteiger partial charge in [0.15, 0.2) is 0 Å². The summed E-state index contributed by atoms with van der Waals surface area (Å²) in [5.74, 6) is 3.36. The maximum Gasteiger partial charge on any atom is 0.0799 e. The van der Waals surface area contributed by atoms with Crippen LogP contribution in [-0.2, 0) is 0 Å². The number of benzene rings is 3. The highest BCUT2D eigenvalue weighted by Crippen LogP contribution is 2.33. The second kappa shape index (κ2) is 10.0. The highest BCUT2D eigenvalue weighted by atomic mass is 127. The summed E-state index contributed by atoms with van der Waals surface area (Å²) in [7, 11) is 0. The molecule has 0 aliphatic heterocycles. The van der Waals surface area contributed by atoms with Crippen molar-refractivity contribution in [2.75, 3.05) is 6.54 Å². The average molecular weight is 640 g/mol. The zero-order valence-electron chi connectivity index (χ0n) is 21.2. The molecular weight excluding hydrogens is 613 g/mol. The summed E-state index contributed by atoms with van der Waals surface area (Å²) in [4.78, 5) is 2.44. The summed E-state index contributed by atoms with van der Waals surface area (Å²) in [6.07, 6.45) is 9.52. The van der Waals surface area contributed by atoms with Crippen molar-refractivity contribution in [3.05, 3.63) is 120 Å². The molecule has 5 aromatic rings. The van der Waals surface area contributed by atoms with E-state index in [9.17, 15) is 0 Å². The number of hydrogen-bond acceptors (Lipinski definition) is 3. The Bertz CT molecular complexity index is 2100. The van der Waals surface area contributed by atoms with Crippen molar-refractivity contribution < 1.29 is 0 Å². The smallest absolute Gasteiger partial charge is 0.0799 e. The third-order valence-electron chi connectivity index (χ3n) is 7.45. The van der Waals surface area contributed by atoms with E-state index in [0.29, 0.717) is 0 Å². The van der Waals surface area contributed by atoms with E-state index in [1.807, 2.05) is 22.7 Å². The molecule has 0 bridgehead atoms. The molecule has 0 amide bonds. The first-order valence-electron chi connectivity index (χ1n) is 13.3. The van der Waals surface area contributed by atoms with Crippen molar-refractivity contribution in [1.29, 1.82) is 0 Å². The zero-order valence-corrected chi connectivity index (χ0v) is 24.9. The third kappa shape index (κ3) is 4.12. The Balaban J connectivity index is 1.28. The summed E-state index contributed by atoms with van der Waals surface area (Å²) in [5, 5.41) is 14.4. The summed E-state index contributed by atoms with van der Waals surface area (Å²) >= 11 is 6.08. The van der Waals surface area contributed by atoms with Gasteiger partial charge in [0.05, 0.1) is 4.88 Å². The van der Waals surface area contributed by atoms with Crippen LogP contribution in [0.25, 0.3) is 22.9 Å². The Hall–Kier alpha value is -2.85. The molecule has 1 N–H and O–H groups in total. The van der Waals surface area contributed by atoms with Gasteiger partial charge in [0, 0.05) is 51.0 Å². The van der Waals surface area contributed by atoms with Crippen LogP contribution in [0.5, 0.6) is 0 Å². The van der Waals surface area contributed by atoms with Gasteiger partial charge in [-0.3, -0.25) is 0 Å². The largest absolute Gasteiger partial charge is 0.346 e. The maximum atomic E-state index is 3.36. The fourth-order valence-electron chi connectivity index (χ4n) is 5.63. The molecule has 0 unspecified atom stereocenters. The van der Waals surface area contributed by atoms with Crippen LogP contribution in [0, 0.1) is 55.9 Å². The number of thiophene rings is 2. The van der Waals surface area contributed by atoms with Gasteiger partial charge in [-0.15, -0.1) is 22.7 Å². The fourth-order valence-corrected chi connectivity index (χ4v) is 8.15. The van der Waals surface area contributed by atoms with E-state index in [1.165, 1.54) is 90.8 Å². The van der Waals surface area contributed by atoms with Crippen molar-refractivity contribution >= 4 is 68.2 Å². The van der Waals surface area contributed by atoms with Crippen LogP contribution in [0.1, 0.15) is 47.9 Å². The lowest BCUT2D eigenvalue weighted by molar-refractivity contribution is 0.651. The summed E-state index contributed by atoms with van der Waals surface area (Å²) in [5.41, 5.74) is 1.24. The normalized spacial score (nSPS) is 12.2. The van der Waals surface area contributed by atoms with Crippen molar-refractivity contribution in [1.82, 2.24) is 5.32 Å². The van der Waals surface area contributed by atoms with Gasteiger partial charge in [-0.1, -0.05) is 68.7 Å². The predicted molar refractivity (Wildman–Crippen MR) is 170 cm³/mol. The van der Waals surface area contributed by atoms with Gasteiger partial charge in [0.2, 0.25) is 0 Å². The number of nitrogens with one attached hydrogen (secondary N) is 1. The van der Waals surface area contributed by atoms with Gasteiger partial charge < -0.3 is 5.32 Å². The van der Waals surface area contributed by atoms with Gasteiger partial charge in [0.25, 0.3) is 0 Å². The Kier molecular flexibility index (Phi) is 6.39. The summed E-state index contributed by atoms with van der Waals surface area (Å²) < 4.78 is 4.03. The number of fused-ring (bicyclic) bond motifs is 2. The Labute approximate surface area is 243 Å². The van der Waals surface area contributed by atoms with E-state index in [4.69, 9.17) is 0 Å². The zero-order chi connectivity index (χ0) is 25.6. The lowest BCUT2D eigenvalue weighted by Gasteiger charge is -1.98. The maximum absolute atomic E-state index is 3.36. The molecule has 38 heavy (non-hydrogen) atoms. The quantitative estimate of drug-likeness (QED) is 0.0795. The minimum absolute atomic E-state index is 0.971. The second-order valence-electron chi connectivity index (χ2n) is 9.94. The van der Waals surface area contributed by atoms with Gasteiger partial charge in [-0.2, -0.15) is 0 Å². The highest BCUT2D eigenvalue weighted by Gasteiger charge is 2.15. The monoisotopic (exact) mass is 639 g/mol. The first kappa shape index (κ1) is 24.2. The fraction of sp³-hybridized carbons (Fsp3) is 0.176. The molecule has 3 aromatic carbocycles. The molecule has 1 nitrogen and oxygen atoms in total. The van der Waals surface area contributed by atoms with E-state index in [1.54, 1.807) is 0 Å². The molecule has 2 aliphatic carbocycles. The Morgan fingerprint density at radius 2 is 1.42 bits per heavy atom. The Morgan fingerprint density at radius 3 is 2.16 bits per heavy atom. The first-order chi connectivity index (χ1) is 18.7. The molecule has 0 saturated carbocycles. The van der Waals surface area contributed by atoms with Crippen LogP contribution in [0.2, 0.25) is 0 Å². The average Bonchev–Trinajstić information content (AvgIpc) is 3.67. The number of halogens is 1. The number of hydrogen-bond donors (Lipinski definition) is 1. The van der Waals surface area contributed by atoms with E-state index >= 15 is 0 Å². The van der Waals surface area contributed by atoms with Gasteiger partial charge in [-0.05, 0) is 92.0 Å².